The van der Waals surface area contributed by atoms with Crippen LogP contribution in [0.1, 0.15) is 46.5 Å². The summed E-state index contributed by atoms with van der Waals surface area (Å²) in [6.07, 6.45) is -0.507. The number of rotatable bonds is 6. The standard InChI is InChI=1S/2C4H6O3.C4H10O2/c2*1-3(5)2-4(6)7;1-2-3-4(5)6/h2*2H2,1H3,(H,6,7);4-6H,2-3H2,1H3. The van der Waals surface area contributed by atoms with Crippen molar-refractivity contribution >= 4 is 23.5 Å². The number of carbonyl (C=O) groups is 4. The van der Waals surface area contributed by atoms with Crippen molar-refractivity contribution in [1.82, 2.24) is 0 Å². The molecular weight excluding hydrogens is 272 g/mol. The maximum atomic E-state index is 9.87. The Hall–Kier alpha value is -1.80. The van der Waals surface area contributed by atoms with Crippen LogP contribution in [-0.4, -0.2) is 50.2 Å². The fraction of sp³-hybridized carbons (Fsp3) is 0.667. The molecule has 0 fully saturated rings. The van der Waals surface area contributed by atoms with E-state index in [-0.39, 0.29) is 24.4 Å². The SMILES string of the molecule is CC(=O)CC(=O)O.CC(=O)CC(=O)O.CCCC(O)O. The summed E-state index contributed by atoms with van der Waals surface area (Å²) in [5.74, 6) is -2.75. The number of aliphatic hydroxyl groups excluding tert-OH is 1. The molecule has 4 N–H and O–H groups in total. The highest BCUT2D eigenvalue weighted by Gasteiger charge is 1.98. The van der Waals surface area contributed by atoms with Gasteiger partial charge in [0.05, 0.1) is 0 Å². The van der Waals surface area contributed by atoms with E-state index in [1.165, 1.54) is 13.8 Å². The van der Waals surface area contributed by atoms with Gasteiger partial charge in [-0.15, -0.1) is 0 Å². The summed E-state index contributed by atoms with van der Waals surface area (Å²) < 4.78 is 0. The average molecular weight is 294 g/mol. The predicted octanol–water partition coefficient (Wildman–Crippen LogP) is 0.197. The summed E-state index contributed by atoms with van der Waals surface area (Å²) in [5, 5.41) is 31.9. The van der Waals surface area contributed by atoms with Gasteiger partial charge in [-0.1, -0.05) is 13.3 Å². The Morgan fingerprint density at radius 2 is 1.15 bits per heavy atom. The first-order valence-corrected chi connectivity index (χ1v) is 5.81. The topological polar surface area (TPSA) is 149 Å². The number of aliphatic hydroxyl groups is 2. The molecule has 118 valence electrons. The van der Waals surface area contributed by atoms with E-state index in [9.17, 15) is 19.2 Å². The summed E-state index contributed by atoms with van der Waals surface area (Å²) in [6.45, 7) is 4.39. The molecule has 0 bridgehead atoms. The van der Waals surface area contributed by atoms with Crippen LogP contribution in [0.2, 0.25) is 0 Å². The van der Waals surface area contributed by atoms with Crippen LogP contribution in [0.3, 0.4) is 0 Å². The number of aliphatic carboxylic acids is 2. The maximum Gasteiger partial charge on any atom is 0.310 e. The molecule has 0 atom stereocenters. The molecule has 8 heteroatoms. The smallest absolute Gasteiger partial charge is 0.310 e. The summed E-state index contributed by atoms with van der Waals surface area (Å²) in [4.78, 5) is 38.9. The Kier molecular flexibility index (Phi) is 17.8. The van der Waals surface area contributed by atoms with Crippen molar-refractivity contribution in [2.75, 3.05) is 0 Å². The Balaban J connectivity index is -0.000000218. The van der Waals surface area contributed by atoms with Crippen LogP contribution in [-0.2, 0) is 19.2 Å². The number of hydrogen-bond acceptors (Lipinski definition) is 6. The first-order valence-electron chi connectivity index (χ1n) is 5.81. The molecule has 0 unspecified atom stereocenters. The zero-order valence-corrected chi connectivity index (χ0v) is 11.8. The first-order chi connectivity index (χ1) is 9.02. The third kappa shape index (κ3) is 44.2. The van der Waals surface area contributed by atoms with Gasteiger partial charge in [-0.3, -0.25) is 19.2 Å². The molecule has 0 aromatic heterocycles. The molecule has 0 aromatic carbocycles. The molecule has 0 aliphatic rings. The third-order valence-electron chi connectivity index (χ3n) is 1.35. The highest BCUT2D eigenvalue weighted by Crippen LogP contribution is 1.88. The van der Waals surface area contributed by atoms with E-state index in [4.69, 9.17) is 20.4 Å². The van der Waals surface area contributed by atoms with E-state index in [1.54, 1.807) is 0 Å². The third-order valence-corrected chi connectivity index (χ3v) is 1.35. The summed E-state index contributed by atoms with van der Waals surface area (Å²) in [7, 11) is 0. The quantitative estimate of drug-likeness (QED) is 0.401. The van der Waals surface area contributed by atoms with Gasteiger partial charge in [-0.2, -0.15) is 0 Å². The Bertz CT molecular complexity index is 259. The van der Waals surface area contributed by atoms with E-state index in [1.807, 2.05) is 6.92 Å². The minimum atomic E-state index is -1.10. The monoisotopic (exact) mass is 294 g/mol. The predicted molar refractivity (Wildman–Crippen MR) is 69.0 cm³/mol. The molecule has 0 heterocycles. The van der Waals surface area contributed by atoms with Crippen molar-refractivity contribution in [3.63, 3.8) is 0 Å². The fourth-order valence-corrected chi connectivity index (χ4v) is 0.684. The van der Waals surface area contributed by atoms with Crippen LogP contribution in [0.5, 0.6) is 0 Å². The fourth-order valence-electron chi connectivity index (χ4n) is 0.684. The van der Waals surface area contributed by atoms with Crippen molar-refractivity contribution in [2.24, 2.45) is 0 Å². The largest absolute Gasteiger partial charge is 0.481 e. The van der Waals surface area contributed by atoms with Gasteiger partial charge < -0.3 is 20.4 Å². The number of carbonyl (C=O) groups excluding carboxylic acids is 2. The van der Waals surface area contributed by atoms with Gasteiger partial charge in [-0.05, 0) is 20.3 Å². The van der Waals surface area contributed by atoms with E-state index >= 15 is 0 Å². The molecule has 0 aliphatic carbocycles. The van der Waals surface area contributed by atoms with Crippen molar-refractivity contribution in [2.45, 2.75) is 52.7 Å². The molecule has 0 amide bonds. The molecule has 0 saturated carbocycles. The Labute approximate surface area is 117 Å². The van der Waals surface area contributed by atoms with Gasteiger partial charge in [0.15, 0.2) is 6.29 Å². The molecule has 0 aromatic rings. The van der Waals surface area contributed by atoms with Gasteiger partial charge in [0.25, 0.3) is 0 Å². The second-order valence-electron chi connectivity index (χ2n) is 3.81. The lowest BCUT2D eigenvalue weighted by atomic mass is 10.3. The number of carboxylic acids is 2. The van der Waals surface area contributed by atoms with Gasteiger partial charge in [0.1, 0.15) is 24.4 Å². The van der Waals surface area contributed by atoms with Crippen molar-refractivity contribution < 1.29 is 39.6 Å². The molecule has 0 aliphatic heterocycles. The van der Waals surface area contributed by atoms with Crippen LogP contribution in [0, 0.1) is 0 Å². The summed E-state index contributed by atoms with van der Waals surface area (Å²) in [6, 6.07) is 0. The van der Waals surface area contributed by atoms with Crippen molar-refractivity contribution in [3.8, 4) is 0 Å². The van der Waals surface area contributed by atoms with Crippen LogP contribution in [0.25, 0.3) is 0 Å². The first kappa shape index (κ1) is 23.3. The van der Waals surface area contributed by atoms with Gasteiger partial charge in [0.2, 0.25) is 0 Å². The molecule has 0 saturated heterocycles. The highest BCUT2D eigenvalue weighted by atomic mass is 16.5. The molecule has 0 rings (SSSR count). The van der Waals surface area contributed by atoms with Crippen LogP contribution >= 0.6 is 0 Å². The summed E-state index contributed by atoms with van der Waals surface area (Å²) in [5.41, 5.74) is 0. The van der Waals surface area contributed by atoms with Crippen molar-refractivity contribution in [3.05, 3.63) is 0 Å². The summed E-state index contributed by atoms with van der Waals surface area (Å²) >= 11 is 0. The lowest BCUT2D eigenvalue weighted by Crippen LogP contribution is -2.01. The molecule has 20 heavy (non-hydrogen) atoms. The Morgan fingerprint density at radius 1 is 0.850 bits per heavy atom. The van der Waals surface area contributed by atoms with Crippen LogP contribution in [0.4, 0.5) is 0 Å². The molecular formula is C12H22O8. The minimum Gasteiger partial charge on any atom is -0.481 e. The zero-order valence-electron chi connectivity index (χ0n) is 11.8. The number of ketones is 2. The Morgan fingerprint density at radius 3 is 1.15 bits per heavy atom. The van der Waals surface area contributed by atoms with Crippen LogP contribution < -0.4 is 0 Å². The molecule has 8 nitrogen and oxygen atoms in total. The number of carboxylic acid groups (broad SMARTS) is 2. The minimum absolute atomic E-state index is 0.312. The van der Waals surface area contributed by atoms with E-state index in [0.29, 0.717) is 6.42 Å². The zero-order chi connectivity index (χ0) is 16.7. The van der Waals surface area contributed by atoms with E-state index < -0.39 is 18.2 Å². The van der Waals surface area contributed by atoms with E-state index in [0.717, 1.165) is 6.42 Å². The van der Waals surface area contributed by atoms with Gasteiger partial charge in [0, 0.05) is 0 Å². The number of hydrogen-bond donors (Lipinski definition) is 4. The van der Waals surface area contributed by atoms with Gasteiger partial charge >= 0.3 is 11.9 Å². The molecule has 0 radical (unpaired) electrons. The van der Waals surface area contributed by atoms with E-state index in [2.05, 4.69) is 0 Å². The second-order valence-corrected chi connectivity index (χ2v) is 3.81. The normalized spacial score (nSPS) is 8.70. The second kappa shape index (κ2) is 15.3. The lowest BCUT2D eigenvalue weighted by Gasteiger charge is -1.94. The van der Waals surface area contributed by atoms with Crippen molar-refractivity contribution in [1.29, 1.82) is 0 Å². The lowest BCUT2D eigenvalue weighted by molar-refractivity contribution is -0.141. The van der Waals surface area contributed by atoms with Gasteiger partial charge in [-0.25, -0.2) is 0 Å². The number of Topliss-reactive ketones (excluding diaryl/α,β-unsaturated/α-hetero) is 2. The molecule has 0 spiro atoms. The maximum absolute atomic E-state index is 9.87. The highest BCUT2D eigenvalue weighted by molar-refractivity contribution is 5.93. The average Bonchev–Trinajstić information content (AvgIpc) is 2.13. The van der Waals surface area contributed by atoms with Crippen LogP contribution in [0.15, 0.2) is 0 Å².